The van der Waals surface area contributed by atoms with Crippen LogP contribution in [0.15, 0.2) is 59.1 Å². The van der Waals surface area contributed by atoms with E-state index in [2.05, 4.69) is 29.4 Å². The maximum absolute atomic E-state index is 12.8. The number of hydrogen-bond acceptors (Lipinski definition) is 8. The molecular weight excluding hydrogens is 544 g/mol. The van der Waals surface area contributed by atoms with Gasteiger partial charge < -0.3 is 19.4 Å². The van der Waals surface area contributed by atoms with Crippen LogP contribution in [0.5, 0.6) is 5.75 Å². The first kappa shape index (κ1) is 27.7. The van der Waals surface area contributed by atoms with Crippen LogP contribution in [0.25, 0.3) is 11.1 Å². The van der Waals surface area contributed by atoms with Gasteiger partial charge in [0.25, 0.3) is 0 Å². The number of carbonyl (C=O) groups excluding carboxylic acids is 2. The average molecular weight is 571 g/mol. The van der Waals surface area contributed by atoms with Crippen LogP contribution >= 0.6 is 34.7 Å². The van der Waals surface area contributed by atoms with Crippen LogP contribution in [0, 0.1) is 0 Å². The normalized spacial score (nSPS) is 11.0. The number of carbonyl (C=O) groups is 2. The van der Waals surface area contributed by atoms with Gasteiger partial charge in [-0.15, -0.1) is 21.5 Å². The number of thiophene rings is 1. The maximum Gasteiger partial charge on any atom is 0.341 e. The van der Waals surface area contributed by atoms with Crippen molar-refractivity contribution in [1.29, 1.82) is 0 Å². The number of benzene rings is 2. The minimum absolute atomic E-state index is 0.0816. The van der Waals surface area contributed by atoms with E-state index < -0.39 is 5.97 Å². The number of amides is 1. The van der Waals surface area contributed by atoms with Crippen LogP contribution in [-0.4, -0.2) is 39.5 Å². The molecule has 4 aromatic rings. The van der Waals surface area contributed by atoms with E-state index in [0.29, 0.717) is 38.0 Å². The zero-order chi connectivity index (χ0) is 27.2. The van der Waals surface area contributed by atoms with Crippen LogP contribution in [0.4, 0.5) is 5.00 Å². The molecule has 0 spiro atoms. The minimum atomic E-state index is -0.532. The Bertz CT molecular complexity index is 1420. The fraction of sp³-hybridized carbons (Fsp3) is 0.259. The van der Waals surface area contributed by atoms with Crippen molar-refractivity contribution in [3.8, 4) is 16.9 Å². The van der Waals surface area contributed by atoms with E-state index in [1.165, 1.54) is 35.8 Å². The lowest BCUT2D eigenvalue weighted by Crippen LogP contribution is -2.16. The molecule has 0 fully saturated rings. The Morgan fingerprint density at radius 3 is 2.47 bits per heavy atom. The fourth-order valence-electron chi connectivity index (χ4n) is 3.58. The lowest BCUT2D eigenvalue weighted by Gasteiger charge is -2.09. The van der Waals surface area contributed by atoms with Gasteiger partial charge in [0.2, 0.25) is 5.91 Å². The van der Waals surface area contributed by atoms with Crippen LogP contribution in [0.3, 0.4) is 0 Å². The Morgan fingerprint density at radius 2 is 1.82 bits per heavy atom. The molecule has 198 valence electrons. The van der Waals surface area contributed by atoms with Crippen LogP contribution < -0.4 is 10.1 Å². The standard InChI is InChI=1S/C27H27ClN4O4S2/c1-16(2)17-7-11-20(12-8-17)36-13-22-30-31-27(32(22)3)38-15-23(33)29-25-24(26(34)35-4)21(14-37-25)18-5-9-19(28)10-6-18/h5-12,14,16H,13,15H2,1-4H3,(H,29,33). The summed E-state index contributed by atoms with van der Waals surface area (Å²) in [4.78, 5) is 25.3. The van der Waals surface area contributed by atoms with Gasteiger partial charge in [-0.1, -0.05) is 61.5 Å². The van der Waals surface area contributed by atoms with Gasteiger partial charge in [-0.2, -0.15) is 0 Å². The molecule has 38 heavy (non-hydrogen) atoms. The minimum Gasteiger partial charge on any atom is -0.486 e. The molecule has 1 amide bonds. The van der Waals surface area contributed by atoms with Crippen molar-refractivity contribution in [2.75, 3.05) is 18.2 Å². The monoisotopic (exact) mass is 570 g/mol. The second-order valence-corrected chi connectivity index (χ2v) is 10.9. The van der Waals surface area contributed by atoms with Crippen molar-refractivity contribution in [3.05, 3.63) is 75.9 Å². The maximum atomic E-state index is 12.8. The van der Waals surface area contributed by atoms with Gasteiger partial charge in [0.05, 0.1) is 12.9 Å². The predicted molar refractivity (Wildman–Crippen MR) is 151 cm³/mol. The molecule has 0 aliphatic carbocycles. The summed E-state index contributed by atoms with van der Waals surface area (Å²) in [6.45, 7) is 4.54. The Kier molecular flexibility index (Phi) is 9.09. The largest absolute Gasteiger partial charge is 0.486 e. The molecule has 1 N–H and O–H groups in total. The van der Waals surface area contributed by atoms with E-state index in [1.807, 2.05) is 48.8 Å². The van der Waals surface area contributed by atoms with Crippen molar-refractivity contribution in [2.45, 2.75) is 31.5 Å². The molecule has 2 aromatic carbocycles. The molecule has 0 saturated heterocycles. The number of aromatic nitrogens is 3. The van der Waals surface area contributed by atoms with E-state index in [-0.39, 0.29) is 18.3 Å². The van der Waals surface area contributed by atoms with E-state index in [0.717, 1.165) is 11.3 Å². The molecule has 0 saturated carbocycles. The molecular formula is C27H27ClN4O4S2. The Balaban J connectivity index is 1.37. The van der Waals surface area contributed by atoms with Gasteiger partial charge in [-0.05, 0) is 41.3 Å². The summed E-state index contributed by atoms with van der Waals surface area (Å²) in [5.41, 5.74) is 3.01. The lowest BCUT2D eigenvalue weighted by atomic mass is 10.0. The average Bonchev–Trinajstić information content (AvgIpc) is 3.49. The van der Waals surface area contributed by atoms with Gasteiger partial charge >= 0.3 is 5.97 Å². The van der Waals surface area contributed by atoms with E-state index in [1.54, 1.807) is 16.7 Å². The molecule has 4 rings (SSSR count). The van der Waals surface area contributed by atoms with Gasteiger partial charge in [0, 0.05) is 23.0 Å². The third-order valence-corrected chi connectivity index (χ3v) is 7.93. The Labute approximate surface area is 234 Å². The molecule has 0 atom stereocenters. The van der Waals surface area contributed by atoms with Gasteiger partial charge in [-0.3, -0.25) is 4.79 Å². The summed E-state index contributed by atoms with van der Waals surface area (Å²) in [5, 5.41) is 14.6. The van der Waals surface area contributed by atoms with Gasteiger partial charge in [0.1, 0.15) is 22.9 Å². The van der Waals surface area contributed by atoms with Crippen LogP contribution in [-0.2, 0) is 23.2 Å². The van der Waals surface area contributed by atoms with Crippen LogP contribution in [0.2, 0.25) is 5.02 Å². The second kappa shape index (κ2) is 12.5. The fourth-order valence-corrected chi connectivity index (χ4v) is 5.41. The number of hydrogen-bond donors (Lipinski definition) is 1. The highest BCUT2D eigenvalue weighted by Crippen LogP contribution is 2.36. The number of esters is 1. The summed E-state index contributed by atoms with van der Waals surface area (Å²) >= 11 is 8.49. The van der Waals surface area contributed by atoms with Crippen molar-refractivity contribution in [1.82, 2.24) is 14.8 Å². The number of rotatable bonds is 10. The van der Waals surface area contributed by atoms with Crippen molar-refractivity contribution in [3.63, 3.8) is 0 Å². The molecule has 0 aliphatic heterocycles. The summed E-state index contributed by atoms with van der Waals surface area (Å²) in [5.74, 6) is 1.11. The smallest absolute Gasteiger partial charge is 0.341 e. The zero-order valence-corrected chi connectivity index (χ0v) is 23.7. The summed E-state index contributed by atoms with van der Waals surface area (Å²) in [6, 6.07) is 15.1. The van der Waals surface area contributed by atoms with Crippen molar-refractivity contribution in [2.24, 2.45) is 7.05 Å². The number of nitrogens with one attached hydrogen (secondary N) is 1. The SMILES string of the molecule is COC(=O)c1c(-c2ccc(Cl)cc2)csc1NC(=O)CSc1nnc(COc2ccc(C(C)C)cc2)n1C. The van der Waals surface area contributed by atoms with Crippen molar-refractivity contribution >= 4 is 51.6 Å². The number of halogens is 1. The Morgan fingerprint density at radius 1 is 1.11 bits per heavy atom. The predicted octanol–water partition coefficient (Wildman–Crippen LogP) is 6.42. The number of nitrogens with zero attached hydrogens (tertiary/aromatic N) is 3. The highest BCUT2D eigenvalue weighted by atomic mass is 35.5. The second-order valence-electron chi connectivity index (χ2n) is 8.66. The zero-order valence-electron chi connectivity index (χ0n) is 21.4. The summed E-state index contributed by atoms with van der Waals surface area (Å²) in [6.07, 6.45) is 0. The van der Waals surface area contributed by atoms with Crippen LogP contribution in [0.1, 0.15) is 41.5 Å². The molecule has 0 bridgehead atoms. The number of ether oxygens (including phenoxy) is 2. The molecule has 0 unspecified atom stereocenters. The van der Waals surface area contributed by atoms with Gasteiger partial charge in [-0.25, -0.2) is 4.79 Å². The van der Waals surface area contributed by atoms with E-state index in [4.69, 9.17) is 21.1 Å². The highest BCUT2D eigenvalue weighted by Gasteiger charge is 2.23. The third-order valence-electron chi connectivity index (χ3n) is 5.76. The quantitative estimate of drug-likeness (QED) is 0.174. The first-order valence-electron chi connectivity index (χ1n) is 11.8. The number of anilines is 1. The molecule has 8 nitrogen and oxygen atoms in total. The Hall–Kier alpha value is -3.34. The lowest BCUT2D eigenvalue weighted by molar-refractivity contribution is -0.113. The van der Waals surface area contributed by atoms with Gasteiger partial charge in [0.15, 0.2) is 11.0 Å². The summed E-state index contributed by atoms with van der Waals surface area (Å²) in [7, 11) is 3.14. The third kappa shape index (κ3) is 6.56. The number of methoxy groups -OCH3 is 1. The number of thioether (sulfide) groups is 1. The summed E-state index contributed by atoms with van der Waals surface area (Å²) < 4.78 is 12.6. The molecule has 2 aromatic heterocycles. The molecule has 0 radical (unpaired) electrons. The van der Waals surface area contributed by atoms with E-state index >= 15 is 0 Å². The topological polar surface area (TPSA) is 95.3 Å². The molecule has 11 heteroatoms. The molecule has 0 aliphatic rings. The highest BCUT2D eigenvalue weighted by molar-refractivity contribution is 7.99. The first-order chi connectivity index (χ1) is 18.3. The first-order valence-corrected chi connectivity index (χ1v) is 14.0. The van der Waals surface area contributed by atoms with E-state index in [9.17, 15) is 9.59 Å². The molecule has 2 heterocycles. The van der Waals surface area contributed by atoms with Crippen molar-refractivity contribution < 1.29 is 19.1 Å².